The van der Waals surface area contributed by atoms with Crippen LogP contribution in [0.15, 0.2) is 83.9 Å². The molecule has 0 saturated carbocycles. The maximum atomic E-state index is 12.6. The van der Waals surface area contributed by atoms with E-state index in [0.717, 1.165) is 15.8 Å². The molecule has 2 amide bonds. The Bertz CT molecular complexity index is 1400. The number of carbonyl (C=O) groups excluding carboxylic acids is 3. The highest BCUT2D eigenvalue weighted by Crippen LogP contribution is 2.30. The van der Waals surface area contributed by atoms with Gasteiger partial charge in [0.2, 0.25) is 5.91 Å². The van der Waals surface area contributed by atoms with Crippen molar-refractivity contribution in [3.05, 3.63) is 95.1 Å². The first-order valence-corrected chi connectivity index (χ1v) is 13.1. The molecule has 0 spiro atoms. The third-order valence-electron chi connectivity index (χ3n) is 5.54. The van der Waals surface area contributed by atoms with Crippen molar-refractivity contribution in [3.63, 3.8) is 0 Å². The molecule has 1 aromatic heterocycles. The first-order valence-electron chi connectivity index (χ1n) is 11.8. The molecule has 0 unspecified atom stereocenters. The summed E-state index contributed by atoms with van der Waals surface area (Å²) >= 11 is 7.34. The number of halogens is 1. The highest BCUT2D eigenvalue weighted by Gasteiger charge is 2.12. The number of para-hydroxylation sites is 1. The molecule has 0 aliphatic rings. The molecular weight excluding hydrogens is 510 g/mol. The van der Waals surface area contributed by atoms with Gasteiger partial charge < -0.3 is 19.9 Å². The quantitative estimate of drug-likeness (QED) is 0.203. The maximum Gasteiger partial charge on any atom is 0.338 e. The zero-order chi connectivity index (χ0) is 26.2. The number of thioether (sulfide) groups is 1. The van der Waals surface area contributed by atoms with Crippen LogP contribution in [0.3, 0.4) is 0 Å². The van der Waals surface area contributed by atoms with E-state index in [4.69, 9.17) is 16.3 Å². The molecule has 0 bridgehead atoms. The Morgan fingerprint density at radius 1 is 0.946 bits per heavy atom. The minimum Gasteiger partial charge on any atom is -0.462 e. The van der Waals surface area contributed by atoms with Crippen LogP contribution in [0.2, 0.25) is 5.02 Å². The van der Waals surface area contributed by atoms with Crippen LogP contribution in [0.5, 0.6) is 0 Å². The molecule has 37 heavy (non-hydrogen) atoms. The Morgan fingerprint density at radius 3 is 2.38 bits per heavy atom. The zero-order valence-electron chi connectivity index (χ0n) is 20.2. The van der Waals surface area contributed by atoms with Crippen molar-refractivity contribution in [3.8, 4) is 0 Å². The number of fused-ring (bicyclic) bond motifs is 1. The fraction of sp³-hybridized carbons (Fsp3) is 0.179. The van der Waals surface area contributed by atoms with E-state index in [2.05, 4.69) is 15.2 Å². The van der Waals surface area contributed by atoms with Crippen LogP contribution in [0.25, 0.3) is 10.9 Å². The minimum absolute atomic E-state index is 0.152. The molecule has 4 aromatic rings. The van der Waals surface area contributed by atoms with Crippen LogP contribution in [0.1, 0.15) is 27.6 Å². The molecule has 1 heterocycles. The summed E-state index contributed by atoms with van der Waals surface area (Å²) in [7, 11) is 0. The topological polar surface area (TPSA) is 89.4 Å². The minimum atomic E-state index is -0.392. The van der Waals surface area contributed by atoms with Crippen LogP contribution >= 0.6 is 23.4 Å². The van der Waals surface area contributed by atoms with Crippen LogP contribution in [0, 0.1) is 0 Å². The van der Waals surface area contributed by atoms with E-state index in [1.807, 2.05) is 30.5 Å². The van der Waals surface area contributed by atoms with Gasteiger partial charge in [-0.2, -0.15) is 0 Å². The van der Waals surface area contributed by atoms with E-state index in [1.54, 1.807) is 55.5 Å². The SMILES string of the molecule is CCOC(=O)c1ccc(NC(=O)CSc2cn(CCNC(=O)c3ccc(Cl)cc3)c3ccccc23)cc1. The third kappa shape index (κ3) is 6.93. The lowest BCUT2D eigenvalue weighted by Gasteiger charge is -2.08. The molecule has 0 radical (unpaired) electrons. The fourth-order valence-corrected chi connectivity index (χ4v) is 4.77. The van der Waals surface area contributed by atoms with E-state index in [9.17, 15) is 14.4 Å². The molecule has 0 aliphatic heterocycles. The number of ether oxygens (including phenoxy) is 1. The molecular formula is C28H26ClN3O4S. The van der Waals surface area contributed by atoms with Crippen LogP contribution in [-0.4, -0.2) is 41.3 Å². The van der Waals surface area contributed by atoms with Gasteiger partial charge in [0.25, 0.3) is 5.91 Å². The average Bonchev–Trinajstić information content (AvgIpc) is 3.26. The molecule has 0 saturated heterocycles. The van der Waals surface area contributed by atoms with E-state index >= 15 is 0 Å². The van der Waals surface area contributed by atoms with Crippen molar-refractivity contribution in [1.82, 2.24) is 9.88 Å². The number of anilines is 1. The lowest BCUT2D eigenvalue weighted by atomic mass is 10.2. The number of hydrogen-bond acceptors (Lipinski definition) is 5. The second-order valence-electron chi connectivity index (χ2n) is 8.10. The summed E-state index contributed by atoms with van der Waals surface area (Å²) in [6.45, 7) is 3.09. The number of benzene rings is 3. The van der Waals surface area contributed by atoms with Gasteiger partial charge in [0.05, 0.1) is 17.9 Å². The Hall–Kier alpha value is -3.75. The largest absolute Gasteiger partial charge is 0.462 e. The van der Waals surface area contributed by atoms with Crippen LogP contribution < -0.4 is 10.6 Å². The number of rotatable bonds is 10. The number of esters is 1. The Balaban J connectivity index is 1.34. The van der Waals surface area contributed by atoms with Crippen molar-refractivity contribution in [1.29, 1.82) is 0 Å². The molecule has 3 aromatic carbocycles. The number of nitrogens with zero attached hydrogens (tertiary/aromatic N) is 1. The number of hydrogen-bond donors (Lipinski definition) is 2. The highest BCUT2D eigenvalue weighted by atomic mass is 35.5. The summed E-state index contributed by atoms with van der Waals surface area (Å²) in [6.07, 6.45) is 2.01. The van der Waals surface area contributed by atoms with Gasteiger partial charge in [-0.15, -0.1) is 11.8 Å². The smallest absolute Gasteiger partial charge is 0.338 e. The van der Waals surface area contributed by atoms with Gasteiger partial charge in [-0.25, -0.2) is 4.79 Å². The van der Waals surface area contributed by atoms with Crippen molar-refractivity contribution in [2.75, 3.05) is 24.2 Å². The molecule has 0 aliphatic carbocycles. The van der Waals surface area contributed by atoms with Gasteiger partial charge in [-0.3, -0.25) is 9.59 Å². The predicted molar refractivity (Wildman–Crippen MR) is 147 cm³/mol. The standard InChI is InChI=1S/C28H26ClN3O4S/c1-2-36-28(35)20-9-13-22(14-10-20)31-26(33)18-37-25-17-32(24-6-4-3-5-23(24)25)16-15-30-27(34)19-7-11-21(29)12-8-19/h3-14,17H,2,15-16,18H2,1H3,(H,30,34)(H,31,33). The second kappa shape index (κ2) is 12.5. The van der Waals surface area contributed by atoms with Gasteiger partial charge in [-0.05, 0) is 61.5 Å². The van der Waals surface area contributed by atoms with Crippen molar-refractivity contribution >= 4 is 57.7 Å². The Kier molecular flexibility index (Phi) is 8.87. The van der Waals surface area contributed by atoms with Crippen LogP contribution in [0.4, 0.5) is 5.69 Å². The summed E-state index contributed by atoms with van der Waals surface area (Å²) in [5.74, 6) is -0.478. The Morgan fingerprint density at radius 2 is 1.65 bits per heavy atom. The molecule has 2 N–H and O–H groups in total. The highest BCUT2D eigenvalue weighted by molar-refractivity contribution is 8.00. The summed E-state index contributed by atoms with van der Waals surface area (Å²) in [5, 5.41) is 7.42. The number of nitrogens with one attached hydrogen (secondary N) is 2. The van der Waals surface area contributed by atoms with Crippen molar-refractivity contribution in [2.45, 2.75) is 18.4 Å². The van der Waals surface area contributed by atoms with Gasteiger partial charge >= 0.3 is 5.97 Å². The molecule has 0 atom stereocenters. The summed E-state index contributed by atoms with van der Waals surface area (Å²) < 4.78 is 7.05. The fourth-order valence-electron chi connectivity index (χ4n) is 3.75. The van der Waals surface area contributed by atoms with Gasteiger partial charge in [-0.1, -0.05) is 29.8 Å². The monoisotopic (exact) mass is 535 g/mol. The zero-order valence-corrected chi connectivity index (χ0v) is 21.8. The van der Waals surface area contributed by atoms with E-state index in [0.29, 0.717) is 41.5 Å². The molecule has 9 heteroatoms. The van der Waals surface area contributed by atoms with Crippen molar-refractivity contribution in [2.24, 2.45) is 0 Å². The maximum absolute atomic E-state index is 12.6. The summed E-state index contributed by atoms with van der Waals surface area (Å²) in [6, 6.07) is 21.3. The molecule has 190 valence electrons. The van der Waals surface area contributed by atoms with Gasteiger partial charge in [0, 0.05) is 51.4 Å². The summed E-state index contributed by atoms with van der Waals surface area (Å²) in [4.78, 5) is 37.7. The molecule has 4 rings (SSSR count). The van der Waals surface area contributed by atoms with E-state index in [1.165, 1.54) is 11.8 Å². The van der Waals surface area contributed by atoms with Crippen molar-refractivity contribution < 1.29 is 19.1 Å². The third-order valence-corrected chi connectivity index (χ3v) is 6.83. The van der Waals surface area contributed by atoms with E-state index in [-0.39, 0.29) is 17.6 Å². The first kappa shape index (κ1) is 26.3. The van der Waals surface area contributed by atoms with Gasteiger partial charge in [0.1, 0.15) is 0 Å². The normalized spacial score (nSPS) is 10.8. The predicted octanol–water partition coefficient (Wildman–Crippen LogP) is 5.63. The first-order chi connectivity index (χ1) is 17.9. The second-order valence-corrected chi connectivity index (χ2v) is 9.55. The average molecular weight is 536 g/mol. The number of aromatic nitrogens is 1. The lowest BCUT2D eigenvalue weighted by Crippen LogP contribution is -2.27. The number of amides is 2. The van der Waals surface area contributed by atoms with E-state index < -0.39 is 5.97 Å². The van der Waals surface area contributed by atoms with Gasteiger partial charge in [0.15, 0.2) is 0 Å². The van der Waals surface area contributed by atoms with Crippen LogP contribution in [-0.2, 0) is 16.1 Å². The summed E-state index contributed by atoms with van der Waals surface area (Å²) in [5.41, 5.74) is 2.63. The Labute approximate surface area is 224 Å². The molecule has 0 fully saturated rings. The molecule has 7 nitrogen and oxygen atoms in total. The number of carbonyl (C=O) groups is 3. The lowest BCUT2D eigenvalue weighted by molar-refractivity contribution is -0.113.